The van der Waals surface area contributed by atoms with E-state index in [1.807, 2.05) is 18.2 Å². The van der Waals surface area contributed by atoms with Crippen LogP contribution in [0.3, 0.4) is 0 Å². The van der Waals surface area contributed by atoms with Crippen LogP contribution in [0.5, 0.6) is 0 Å². The molecule has 3 aliphatic heterocycles. The van der Waals surface area contributed by atoms with Crippen LogP contribution in [0.15, 0.2) is 48.5 Å². The van der Waals surface area contributed by atoms with Gasteiger partial charge in [-0.2, -0.15) is 0 Å². The minimum absolute atomic E-state index is 0.00512. The summed E-state index contributed by atoms with van der Waals surface area (Å²) in [6.45, 7) is 2.20. The predicted molar refractivity (Wildman–Crippen MR) is 130 cm³/mol. The number of benzene rings is 2. The Bertz CT molecular complexity index is 1200. The fourth-order valence-corrected chi connectivity index (χ4v) is 6.75. The third-order valence-electron chi connectivity index (χ3n) is 8.29. The highest BCUT2D eigenvalue weighted by molar-refractivity contribution is 5.87. The third kappa shape index (κ3) is 3.55. The molecular weight excluding hydrogens is 429 g/mol. The van der Waals surface area contributed by atoms with Crippen molar-refractivity contribution in [2.24, 2.45) is 0 Å². The lowest BCUT2D eigenvalue weighted by Crippen LogP contribution is -2.56. The summed E-state index contributed by atoms with van der Waals surface area (Å²) >= 11 is 0. The van der Waals surface area contributed by atoms with E-state index < -0.39 is 6.04 Å². The van der Waals surface area contributed by atoms with Gasteiger partial charge in [0, 0.05) is 40.7 Å². The van der Waals surface area contributed by atoms with Crippen LogP contribution < -0.4 is 0 Å². The van der Waals surface area contributed by atoms with Crippen molar-refractivity contribution in [2.75, 3.05) is 20.2 Å². The maximum Gasteiger partial charge on any atom is 0.323 e. The Kier molecular flexibility index (Phi) is 5.66. The Morgan fingerprint density at radius 2 is 1.74 bits per heavy atom. The second-order valence-corrected chi connectivity index (χ2v) is 10.0. The number of H-pyrrole nitrogens is 1. The molecule has 6 heteroatoms. The van der Waals surface area contributed by atoms with Crippen molar-refractivity contribution in [1.29, 1.82) is 0 Å². The van der Waals surface area contributed by atoms with Crippen molar-refractivity contribution in [3.05, 3.63) is 71.2 Å². The van der Waals surface area contributed by atoms with E-state index in [9.17, 15) is 4.79 Å². The van der Waals surface area contributed by atoms with Crippen LogP contribution in [0.1, 0.15) is 61.0 Å². The zero-order valence-electron chi connectivity index (χ0n) is 19.7. The van der Waals surface area contributed by atoms with Crippen LogP contribution in [-0.2, 0) is 16.0 Å². The van der Waals surface area contributed by atoms with Crippen LogP contribution in [0.4, 0.5) is 4.39 Å². The van der Waals surface area contributed by atoms with E-state index in [1.54, 1.807) is 12.1 Å². The first-order valence-electron chi connectivity index (χ1n) is 12.6. The molecule has 3 aliphatic rings. The number of carbonyl (C=O) groups excluding carboxylic acids is 1. The zero-order chi connectivity index (χ0) is 23.2. The highest BCUT2D eigenvalue weighted by Gasteiger charge is 2.49. The van der Waals surface area contributed by atoms with Gasteiger partial charge in [-0.25, -0.2) is 4.39 Å². The molecule has 2 aromatic carbocycles. The number of fused-ring (bicyclic) bond motifs is 5. The Morgan fingerprint density at radius 1 is 1.00 bits per heavy atom. The van der Waals surface area contributed by atoms with Crippen LogP contribution in [-0.4, -0.2) is 53.0 Å². The van der Waals surface area contributed by atoms with E-state index in [4.69, 9.17) is 4.74 Å². The summed E-state index contributed by atoms with van der Waals surface area (Å²) in [5.74, 6) is -0.435. The number of hydrogen-bond donors (Lipinski definition) is 1. The number of para-hydroxylation sites is 1. The average Bonchev–Trinajstić information content (AvgIpc) is 3.27. The molecule has 0 unspecified atom stereocenters. The molecule has 0 saturated carbocycles. The molecule has 5 nitrogen and oxygen atoms in total. The van der Waals surface area contributed by atoms with Crippen LogP contribution >= 0.6 is 0 Å². The number of rotatable bonds is 3. The molecule has 1 aromatic heterocycles. The lowest BCUT2D eigenvalue weighted by Gasteiger charge is -2.52. The number of piperidine rings is 2. The summed E-state index contributed by atoms with van der Waals surface area (Å²) in [6.07, 6.45) is 6.04. The van der Waals surface area contributed by atoms with Gasteiger partial charge in [-0.1, -0.05) is 42.8 Å². The minimum Gasteiger partial charge on any atom is -0.468 e. The van der Waals surface area contributed by atoms with E-state index in [0.717, 1.165) is 31.4 Å². The van der Waals surface area contributed by atoms with Crippen molar-refractivity contribution in [2.45, 2.75) is 62.7 Å². The lowest BCUT2D eigenvalue weighted by molar-refractivity contribution is -0.152. The minimum atomic E-state index is -0.436. The van der Waals surface area contributed by atoms with Gasteiger partial charge in [0.2, 0.25) is 0 Å². The number of carbonyl (C=O) groups is 1. The molecule has 0 radical (unpaired) electrons. The molecule has 4 atom stereocenters. The molecule has 4 heterocycles. The topological polar surface area (TPSA) is 48.6 Å². The number of likely N-dealkylation sites (tertiary alicyclic amines) is 1. The number of halogens is 1. The highest BCUT2D eigenvalue weighted by atomic mass is 19.1. The number of aromatic nitrogens is 1. The normalized spacial score (nSPS) is 27.8. The first-order chi connectivity index (χ1) is 16.7. The van der Waals surface area contributed by atoms with Crippen molar-refractivity contribution in [3.63, 3.8) is 0 Å². The van der Waals surface area contributed by atoms with Gasteiger partial charge in [0.05, 0.1) is 13.2 Å². The second-order valence-electron chi connectivity index (χ2n) is 10.0. The summed E-state index contributed by atoms with van der Waals surface area (Å²) in [5, 5.41) is 1.17. The van der Waals surface area contributed by atoms with Crippen molar-refractivity contribution in [3.8, 4) is 0 Å². The first kappa shape index (κ1) is 21.8. The molecule has 6 rings (SSSR count). The molecule has 0 amide bonds. The van der Waals surface area contributed by atoms with Gasteiger partial charge in [-0.3, -0.25) is 9.69 Å². The smallest absolute Gasteiger partial charge is 0.323 e. The number of nitrogens with zero attached hydrogens (tertiary/aromatic N) is 2. The zero-order valence-corrected chi connectivity index (χ0v) is 19.7. The molecular formula is C28H32FN3O2. The second kappa shape index (κ2) is 8.82. The van der Waals surface area contributed by atoms with E-state index in [-0.39, 0.29) is 23.9 Å². The maximum atomic E-state index is 15.2. The summed E-state index contributed by atoms with van der Waals surface area (Å²) < 4.78 is 20.5. The molecule has 2 fully saturated rings. The van der Waals surface area contributed by atoms with Gasteiger partial charge >= 0.3 is 5.97 Å². The molecule has 0 aliphatic carbocycles. The SMILES string of the molecule is COC(=O)[C@@H]1Cc2c([nH]c3ccccc23)[C@H]2C[C@@H](N3CCCCC3)C[C@@H](c3ccccc3F)N21. The fraction of sp³-hybridized carbons (Fsp3) is 0.464. The molecule has 1 N–H and O–H groups in total. The number of nitrogens with one attached hydrogen (secondary N) is 1. The summed E-state index contributed by atoms with van der Waals surface area (Å²) in [5.41, 5.74) is 4.17. The van der Waals surface area contributed by atoms with Gasteiger partial charge in [0.15, 0.2) is 0 Å². The summed E-state index contributed by atoms with van der Waals surface area (Å²) in [7, 11) is 1.46. The summed E-state index contributed by atoms with van der Waals surface area (Å²) in [6, 6.07) is 15.1. The Balaban J connectivity index is 1.50. The molecule has 2 saturated heterocycles. The predicted octanol–water partition coefficient (Wildman–Crippen LogP) is 5.14. The molecule has 178 valence electrons. The number of aromatic amines is 1. The summed E-state index contributed by atoms with van der Waals surface area (Å²) in [4.78, 5) is 21.7. The average molecular weight is 462 g/mol. The highest BCUT2D eigenvalue weighted by Crippen LogP contribution is 2.50. The molecule has 0 spiro atoms. The fourth-order valence-electron chi connectivity index (χ4n) is 6.75. The Morgan fingerprint density at radius 3 is 2.53 bits per heavy atom. The number of ether oxygens (including phenoxy) is 1. The number of esters is 1. The molecule has 34 heavy (non-hydrogen) atoms. The van der Waals surface area contributed by atoms with Gasteiger partial charge in [0.25, 0.3) is 0 Å². The third-order valence-corrected chi connectivity index (χ3v) is 8.29. The van der Waals surface area contributed by atoms with Crippen molar-refractivity contribution in [1.82, 2.24) is 14.8 Å². The number of hydrogen-bond acceptors (Lipinski definition) is 4. The van der Waals surface area contributed by atoms with Crippen LogP contribution in [0.2, 0.25) is 0 Å². The van der Waals surface area contributed by atoms with Crippen molar-refractivity contribution < 1.29 is 13.9 Å². The van der Waals surface area contributed by atoms with Crippen LogP contribution in [0, 0.1) is 5.82 Å². The van der Waals surface area contributed by atoms with Gasteiger partial charge in [0.1, 0.15) is 11.9 Å². The van der Waals surface area contributed by atoms with Crippen molar-refractivity contribution >= 4 is 16.9 Å². The van der Waals surface area contributed by atoms with E-state index in [2.05, 4.69) is 33.0 Å². The quantitative estimate of drug-likeness (QED) is 0.549. The Hall–Kier alpha value is -2.70. The molecule has 0 bridgehead atoms. The first-order valence-corrected chi connectivity index (χ1v) is 12.6. The van der Waals surface area contributed by atoms with Gasteiger partial charge < -0.3 is 14.6 Å². The van der Waals surface area contributed by atoms with E-state index in [1.165, 1.54) is 43.0 Å². The van der Waals surface area contributed by atoms with E-state index >= 15 is 4.39 Å². The lowest BCUT2D eigenvalue weighted by atomic mass is 9.78. The van der Waals surface area contributed by atoms with Gasteiger partial charge in [-0.15, -0.1) is 0 Å². The standard InChI is InChI=1S/C28H32FN3O2/c1-34-28(33)26-17-21-19-9-4-6-12-23(19)30-27(21)25-16-18(31-13-7-2-8-14-31)15-24(32(25)26)20-10-3-5-11-22(20)29/h3-6,9-12,18,24-26,30H,2,7-8,13-17H2,1H3/t18-,24-,25+,26-/m0/s1. The molecule has 3 aromatic rings. The van der Waals surface area contributed by atoms with Gasteiger partial charge in [-0.05, 0) is 56.5 Å². The monoisotopic (exact) mass is 461 g/mol. The largest absolute Gasteiger partial charge is 0.468 e. The van der Waals surface area contributed by atoms with E-state index in [0.29, 0.717) is 18.0 Å². The van der Waals surface area contributed by atoms with Crippen LogP contribution in [0.25, 0.3) is 10.9 Å². The number of methoxy groups -OCH3 is 1. The Labute approximate surface area is 199 Å². The maximum absolute atomic E-state index is 15.2.